The number of hydrogen-bond donors (Lipinski definition) is 1. The van der Waals surface area contributed by atoms with E-state index in [4.69, 9.17) is 18.9 Å². The summed E-state index contributed by atoms with van der Waals surface area (Å²) in [5.74, 6) is -0.232. The predicted molar refractivity (Wildman–Crippen MR) is 119 cm³/mol. The molecule has 0 aromatic heterocycles. The van der Waals surface area contributed by atoms with E-state index in [0.717, 1.165) is 0 Å². The van der Waals surface area contributed by atoms with Crippen molar-refractivity contribution in [2.75, 3.05) is 14.2 Å². The second-order valence-corrected chi connectivity index (χ2v) is 8.10. The second-order valence-electron chi connectivity index (χ2n) is 8.10. The van der Waals surface area contributed by atoms with Crippen LogP contribution in [0.25, 0.3) is 0 Å². The molecule has 0 saturated carbocycles. The molecule has 8 nitrogen and oxygen atoms in total. The van der Waals surface area contributed by atoms with Crippen LogP contribution < -0.4 is 9.47 Å². The number of carbonyl (C=O) groups is 2. The van der Waals surface area contributed by atoms with Gasteiger partial charge in [0.25, 0.3) is 0 Å². The van der Waals surface area contributed by atoms with E-state index in [9.17, 15) is 14.7 Å². The van der Waals surface area contributed by atoms with E-state index in [0.29, 0.717) is 22.6 Å². The minimum absolute atomic E-state index is 0. The number of hydrogen-bond acceptors (Lipinski definition) is 6. The summed E-state index contributed by atoms with van der Waals surface area (Å²) in [7, 11) is 3.01. The van der Waals surface area contributed by atoms with E-state index in [1.165, 1.54) is 19.1 Å². The zero-order chi connectivity index (χ0) is 22.8. The molecular formula is C23H28KNO7. The molecule has 1 unspecified atom stereocenters. The summed E-state index contributed by atoms with van der Waals surface area (Å²) in [6.07, 6.45) is -3.03. The quantitative estimate of drug-likeness (QED) is 0.670. The number of ether oxygens (including phenoxy) is 4. The molecule has 9 heteroatoms. The Kier molecular flexibility index (Phi) is 9.15. The third-order valence-electron chi connectivity index (χ3n) is 4.81. The molecule has 1 saturated heterocycles. The summed E-state index contributed by atoms with van der Waals surface area (Å²) in [6, 6.07) is 13.0. The monoisotopic (exact) mass is 469 g/mol. The fraction of sp³-hybridized carbons (Fsp3) is 0.391. The third-order valence-corrected chi connectivity index (χ3v) is 4.81. The maximum atomic E-state index is 13.3. The van der Waals surface area contributed by atoms with Gasteiger partial charge in [-0.25, -0.2) is 9.59 Å². The second kappa shape index (κ2) is 11.0. The van der Waals surface area contributed by atoms with Crippen molar-refractivity contribution in [1.29, 1.82) is 0 Å². The van der Waals surface area contributed by atoms with Crippen LogP contribution >= 0.6 is 0 Å². The summed E-state index contributed by atoms with van der Waals surface area (Å²) in [6.45, 7) is 5.24. The van der Waals surface area contributed by atoms with Crippen molar-refractivity contribution in [3.05, 3.63) is 59.7 Å². The van der Waals surface area contributed by atoms with Crippen LogP contribution in [-0.2, 0) is 14.3 Å². The zero-order valence-corrected chi connectivity index (χ0v) is 18.2. The predicted octanol–water partition coefficient (Wildman–Crippen LogP) is 3.52. The molecule has 1 heterocycles. The number of methoxy groups -OCH3 is 2. The summed E-state index contributed by atoms with van der Waals surface area (Å²) in [4.78, 5) is 26.7. The minimum atomic E-state index is -1.30. The van der Waals surface area contributed by atoms with Gasteiger partial charge in [0.1, 0.15) is 23.1 Å². The Balaban J connectivity index is 0.00000363. The Bertz CT molecular complexity index is 945. The Morgan fingerprint density at radius 1 is 1.03 bits per heavy atom. The van der Waals surface area contributed by atoms with Gasteiger partial charge in [-0.15, -0.1) is 0 Å². The molecule has 1 aliphatic rings. The summed E-state index contributed by atoms with van der Waals surface area (Å²) < 4.78 is 22.3. The molecule has 1 amide bonds. The number of carboxylic acid groups (broad SMARTS) is 1. The first-order chi connectivity index (χ1) is 14.7. The average molecular weight is 470 g/mol. The number of amides is 1. The van der Waals surface area contributed by atoms with E-state index in [1.807, 2.05) is 6.07 Å². The van der Waals surface area contributed by atoms with E-state index in [-0.39, 0.29) is 51.4 Å². The van der Waals surface area contributed by atoms with Gasteiger partial charge in [0, 0.05) is 11.6 Å². The van der Waals surface area contributed by atoms with Gasteiger partial charge in [0.2, 0.25) is 0 Å². The molecule has 32 heavy (non-hydrogen) atoms. The summed E-state index contributed by atoms with van der Waals surface area (Å²) in [5.41, 5.74) is 0.323. The molecule has 0 spiro atoms. The van der Waals surface area contributed by atoms with E-state index in [1.54, 1.807) is 63.2 Å². The van der Waals surface area contributed by atoms with Gasteiger partial charge in [-0.05, 0) is 38.5 Å². The van der Waals surface area contributed by atoms with Crippen molar-refractivity contribution < 1.29 is 33.6 Å². The van der Waals surface area contributed by atoms with Crippen molar-refractivity contribution in [3.8, 4) is 11.5 Å². The number of carboxylic acids is 1. The van der Waals surface area contributed by atoms with E-state index in [2.05, 4.69) is 0 Å². The molecule has 3 rings (SSSR count). The van der Waals surface area contributed by atoms with Gasteiger partial charge in [-0.1, -0.05) is 30.3 Å². The van der Waals surface area contributed by atoms with Crippen LogP contribution in [0.1, 0.15) is 44.2 Å². The number of carbonyl (C=O) groups excluding carboxylic acids is 1. The number of aliphatic carboxylic acids is 1. The van der Waals surface area contributed by atoms with Crippen LogP contribution in [0.4, 0.5) is 4.79 Å². The fourth-order valence-electron chi connectivity index (χ4n) is 3.52. The Hall–Kier alpha value is -1.62. The number of nitrogens with zero attached hydrogens (tertiary/aromatic N) is 1. The Morgan fingerprint density at radius 2 is 1.69 bits per heavy atom. The van der Waals surface area contributed by atoms with Gasteiger partial charge in [0.05, 0.1) is 14.2 Å². The van der Waals surface area contributed by atoms with Crippen LogP contribution in [-0.4, -0.2) is 99.4 Å². The maximum absolute atomic E-state index is 13.3. The van der Waals surface area contributed by atoms with Crippen molar-refractivity contribution in [2.45, 2.75) is 44.7 Å². The van der Waals surface area contributed by atoms with Gasteiger partial charge in [0.15, 0.2) is 12.3 Å². The van der Waals surface area contributed by atoms with Crippen molar-refractivity contribution in [2.24, 2.45) is 0 Å². The van der Waals surface area contributed by atoms with Crippen LogP contribution in [0.15, 0.2) is 48.5 Å². The number of rotatable bonds is 5. The third kappa shape index (κ3) is 5.83. The fourth-order valence-corrected chi connectivity index (χ4v) is 3.52. The molecule has 1 N–H and O–H groups in total. The molecule has 168 valence electrons. The molecule has 0 bridgehead atoms. The summed E-state index contributed by atoms with van der Waals surface area (Å²) >= 11 is 0. The normalized spacial score (nSPS) is 20.3. The van der Waals surface area contributed by atoms with E-state index < -0.39 is 36.0 Å². The van der Waals surface area contributed by atoms with Crippen molar-refractivity contribution >= 4 is 63.4 Å². The van der Waals surface area contributed by atoms with Gasteiger partial charge in [-0.2, -0.15) is 0 Å². The van der Waals surface area contributed by atoms with Crippen LogP contribution in [0, 0.1) is 0 Å². The molecule has 0 radical (unpaired) electrons. The average Bonchev–Trinajstić information content (AvgIpc) is 3.13. The molecule has 0 aliphatic carbocycles. The van der Waals surface area contributed by atoms with Gasteiger partial charge in [-0.3, -0.25) is 4.90 Å². The Labute approximate surface area is 230 Å². The molecule has 3 atom stereocenters. The zero-order valence-electron chi connectivity index (χ0n) is 18.2. The van der Waals surface area contributed by atoms with Gasteiger partial charge < -0.3 is 24.1 Å². The van der Waals surface area contributed by atoms with Gasteiger partial charge >= 0.3 is 63.4 Å². The van der Waals surface area contributed by atoms with Crippen LogP contribution in [0.5, 0.6) is 11.5 Å². The van der Waals surface area contributed by atoms with E-state index >= 15 is 0 Å². The van der Waals surface area contributed by atoms with Crippen LogP contribution in [0.3, 0.4) is 0 Å². The molecule has 2 aromatic carbocycles. The first-order valence-electron chi connectivity index (χ1n) is 9.82. The van der Waals surface area contributed by atoms with Crippen LogP contribution in [0.2, 0.25) is 0 Å². The molecule has 2 aromatic rings. The number of benzene rings is 2. The Morgan fingerprint density at radius 3 is 2.22 bits per heavy atom. The van der Waals surface area contributed by atoms with Crippen molar-refractivity contribution in [3.63, 3.8) is 0 Å². The molecule has 1 aliphatic heterocycles. The standard InChI is InChI=1S/C23H27NO7.K.H/c1-23(2,3)31-22(27)24-18(14-9-7-6-8-10-14)19(21(25)26)30-20(24)16-12-11-15(28-4)13-17(16)29-5;;/h6-13,18-20H,1-5H3,(H,25,26);;/t18-,19+,20?;;/m0../s1. The molecule has 1 fully saturated rings. The summed E-state index contributed by atoms with van der Waals surface area (Å²) in [5, 5.41) is 9.90. The first-order valence-corrected chi connectivity index (χ1v) is 9.82. The first kappa shape index (κ1) is 26.6. The molecular weight excluding hydrogens is 441 g/mol. The topological polar surface area (TPSA) is 94.5 Å². The van der Waals surface area contributed by atoms with Crippen molar-refractivity contribution in [1.82, 2.24) is 4.90 Å². The SMILES string of the molecule is COc1ccc(C2O[C@@H](C(=O)O)[C@H](c3ccccc3)N2C(=O)OC(C)(C)C)c(OC)c1.[KH].